The topological polar surface area (TPSA) is 207 Å². The van der Waals surface area contributed by atoms with Gasteiger partial charge in [-0.3, -0.25) is 36.9 Å². The van der Waals surface area contributed by atoms with Crippen molar-refractivity contribution in [3.8, 4) is 0 Å². The molecule has 11 nitrogen and oxygen atoms in total. The van der Waals surface area contributed by atoms with Gasteiger partial charge in [-0.25, -0.2) is 0 Å². The Labute approximate surface area is 175 Å². The Balaban J connectivity index is -0.0000000212. The van der Waals surface area contributed by atoms with Crippen LogP contribution in [0.1, 0.15) is 23.1 Å². The molecule has 0 aliphatic heterocycles. The van der Waals surface area contributed by atoms with Crippen LogP contribution in [0.25, 0.3) is 0 Å². The van der Waals surface area contributed by atoms with Gasteiger partial charge in [-0.1, -0.05) is 0 Å². The molecule has 122 valence electrons. The van der Waals surface area contributed by atoms with Gasteiger partial charge in [-0.05, 0) is 13.8 Å². The van der Waals surface area contributed by atoms with Crippen LogP contribution in [-0.2, 0) is 43.7 Å². The Morgan fingerprint density at radius 1 is 0.714 bits per heavy atom. The van der Waals surface area contributed by atoms with Crippen molar-refractivity contribution in [3.63, 3.8) is 0 Å². The summed E-state index contributed by atoms with van der Waals surface area (Å²) in [6.07, 6.45) is 0.0833. The summed E-state index contributed by atoms with van der Waals surface area (Å²) in [6.45, 7) is 2.81. The van der Waals surface area contributed by atoms with Crippen LogP contribution in [0.2, 0.25) is 0 Å². The van der Waals surface area contributed by atoms with E-state index >= 15 is 0 Å². The molecule has 0 atom stereocenters. The Bertz CT molecular complexity index is 280. The molecule has 0 rings (SSSR count). The molecule has 0 saturated heterocycles. The molecule has 0 radical (unpaired) electrons. The molecule has 0 spiro atoms. The summed E-state index contributed by atoms with van der Waals surface area (Å²) in [6, 6.07) is 0. The predicted octanol–water partition coefficient (Wildman–Crippen LogP) is -6.17. The molecule has 0 saturated carbocycles. The van der Waals surface area contributed by atoms with E-state index in [9.17, 15) is 9.59 Å². The average Bonchev–Trinajstić information content (AvgIpc) is 1.95. The van der Waals surface area contributed by atoms with Crippen LogP contribution >= 0.6 is 0 Å². The van der Waals surface area contributed by atoms with Gasteiger partial charge in [0.05, 0.1) is 6.42 Å². The summed E-state index contributed by atoms with van der Waals surface area (Å²) in [5, 5.41) is 0. The van der Waals surface area contributed by atoms with Gasteiger partial charge in [-0.15, -0.1) is 0 Å². The van der Waals surface area contributed by atoms with E-state index in [0.29, 0.717) is 0 Å². The monoisotopic (exact) mass is 394 g/mol. The second-order valence-corrected chi connectivity index (χ2v) is 3.66. The molecule has 21 heavy (non-hydrogen) atoms. The summed E-state index contributed by atoms with van der Waals surface area (Å²) >= 11 is -7.83. The third-order valence-corrected chi connectivity index (χ3v) is 0.498. The number of carbonyl (C=O) groups is 2. The second-order valence-electron chi connectivity index (χ2n) is 2.27. The molecule has 0 aliphatic rings. The number of carbonyl (C=O) groups excluding carboxylic acids is 2. The minimum absolute atomic E-state index is 0. The number of hydrogen-bond acceptors (Lipinski definition) is 5. The van der Waals surface area contributed by atoms with Crippen LogP contribution in [0.4, 0.5) is 0 Å². The fourth-order valence-electron chi connectivity index (χ4n) is 0.351. The van der Waals surface area contributed by atoms with Crippen molar-refractivity contribution >= 4 is 45.7 Å². The van der Waals surface area contributed by atoms with Crippen molar-refractivity contribution in [1.82, 2.24) is 0 Å². The average molecular weight is 394 g/mol. The molecule has 0 amide bonds. The zero-order valence-corrected chi connectivity index (χ0v) is 18.1. The van der Waals surface area contributed by atoms with E-state index in [1.54, 1.807) is 0 Å². The van der Waals surface area contributed by atoms with Crippen molar-refractivity contribution in [2.45, 2.75) is 20.3 Å². The quantitative estimate of drug-likeness (QED) is 0.147. The maximum Gasteiger partial charge on any atom is 1.00 e. The van der Waals surface area contributed by atoms with E-state index in [2.05, 4.69) is 0 Å². The van der Waals surface area contributed by atoms with E-state index in [1.807, 2.05) is 0 Å². The summed E-state index contributed by atoms with van der Waals surface area (Å²) in [4.78, 5) is 20.1. The van der Waals surface area contributed by atoms with E-state index in [-0.39, 0.29) is 80.0 Å². The van der Waals surface area contributed by atoms with Gasteiger partial charge < -0.3 is 2.85 Å². The summed E-state index contributed by atoms with van der Waals surface area (Å²) in [7, 11) is 0. The predicted molar refractivity (Wildman–Crippen MR) is 68.4 cm³/mol. The van der Waals surface area contributed by atoms with Crippen molar-refractivity contribution in [3.05, 3.63) is 0 Å². The first-order chi connectivity index (χ1) is 8.32. The maximum absolute atomic E-state index is 10.0. The van der Waals surface area contributed by atoms with Gasteiger partial charge in [0.2, 0.25) is 0 Å². The van der Waals surface area contributed by atoms with E-state index in [4.69, 9.17) is 39.9 Å². The molecule has 0 aromatic carbocycles. The Kier molecular flexibility index (Phi) is 53.8. The molecule has 0 aliphatic carbocycles. The second kappa shape index (κ2) is 29.5. The van der Waals surface area contributed by atoms with Gasteiger partial charge in [0.25, 0.3) is 34.1 Å². The summed E-state index contributed by atoms with van der Waals surface area (Å²) < 4.78 is 68.5. The third kappa shape index (κ3) is 267. The fraction of sp³-hybridized carbons (Fsp3) is 0.600. The molecular formula is C5H16Na2O11S3. The van der Waals surface area contributed by atoms with Gasteiger partial charge in [-0.2, -0.15) is 12.6 Å². The first-order valence-corrected chi connectivity index (χ1v) is 6.90. The molecule has 16 heteroatoms. The fourth-order valence-corrected chi connectivity index (χ4v) is 0.351. The maximum atomic E-state index is 10.0. The van der Waals surface area contributed by atoms with Crippen molar-refractivity contribution in [2.75, 3.05) is 0 Å². The van der Waals surface area contributed by atoms with Gasteiger partial charge >= 0.3 is 59.1 Å². The van der Waals surface area contributed by atoms with Crippen molar-refractivity contribution in [1.29, 1.82) is 0 Å². The first-order valence-electron chi connectivity index (χ1n) is 3.71. The largest absolute Gasteiger partial charge is 1.00 e. The molecule has 0 fully saturated rings. The van der Waals surface area contributed by atoms with Gasteiger partial charge in [0, 0.05) is 0 Å². The zero-order chi connectivity index (χ0) is 16.6. The summed E-state index contributed by atoms with van der Waals surface area (Å²) in [5.74, 6) is -0.125. The first kappa shape index (κ1) is 38.2. The molecule has 0 unspecified atom stereocenters. The standard InChI is InChI=1S/C5H8O2.2Na.3H2O3S.2H/c1-4(6)3-5(2)7;;;3*1-4(2)3;;/h3H2,1-2H3;;;3*(H2,1,2,3);;/q;2*+1;;;;2*-1. The van der Waals surface area contributed by atoms with Crippen LogP contribution in [0, 0.1) is 0 Å². The Morgan fingerprint density at radius 3 is 0.810 bits per heavy atom. The van der Waals surface area contributed by atoms with Crippen LogP contribution in [0.15, 0.2) is 0 Å². The Morgan fingerprint density at radius 2 is 0.810 bits per heavy atom. The Hall–Kier alpha value is 1.55. The number of hydrogen-bond donors (Lipinski definition) is 6. The number of ketones is 2. The molecular weight excluding hydrogens is 378 g/mol. The molecule has 0 aromatic rings. The summed E-state index contributed by atoms with van der Waals surface area (Å²) in [5.41, 5.74) is 0. The SMILES string of the molecule is CC(=O)CC(C)=O.O=S(O)O.O=S(O)O.O=S(O)O.[H-].[H-].[Na+].[Na+]. The molecule has 0 aromatic heterocycles. The molecule has 0 heterocycles. The minimum Gasteiger partial charge on any atom is -1.00 e. The van der Waals surface area contributed by atoms with E-state index in [1.165, 1.54) is 13.8 Å². The minimum atomic E-state index is -2.61. The third-order valence-electron chi connectivity index (χ3n) is 0.498. The van der Waals surface area contributed by atoms with Gasteiger partial charge in [0.15, 0.2) is 0 Å². The van der Waals surface area contributed by atoms with Crippen LogP contribution in [0.3, 0.4) is 0 Å². The van der Waals surface area contributed by atoms with Crippen LogP contribution in [0.5, 0.6) is 0 Å². The number of rotatable bonds is 2. The van der Waals surface area contributed by atoms with Crippen molar-refractivity contribution < 1.29 is 112 Å². The van der Waals surface area contributed by atoms with E-state index in [0.717, 1.165) is 0 Å². The molecule has 6 N–H and O–H groups in total. The molecule has 0 bridgehead atoms. The normalized spacial score (nSPS) is 7.76. The zero-order valence-electron chi connectivity index (χ0n) is 13.7. The van der Waals surface area contributed by atoms with Crippen LogP contribution in [-0.4, -0.2) is 51.5 Å². The van der Waals surface area contributed by atoms with Gasteiger partial charge in [0.1, 0.15) is 11.6 Å². The number of Topliss-reactive ketones (excluding diaryl/α,β-unsaturated/α-hetero) is 2. The van der Waals surface area contributed by atoms with Crippen molar-refractivity contribution in [2.24, 2.45) is 0 Å². The van der Waals surface area contributed by atoms with Crippen LogP contribution < -0.4 is 59.1 Å². The van der Waals surface area contributed by atoms with E-state index < -0.39 is 34.1 Å². The smallest absolute Gasteiger partial charge is 1.00 e.